The molecule has 1 aromatic rings. The van der Waals surface area contributed by atoms with E-state index in [-0.39, 0.29) is 5.57 Å². The average Bonchev–Trinajstić information content (AvgIpc) is 2.80. The second-order valence-corrected chi connectivity index (χ2v) is 4.33. The van der Waals surface area contributed by atoms with Crippen molar-refractivity contribution >= 4 is 23.5 Å². The molecule has 0 unspecified atom stereocenters. The first kappa shape index (κ1) is 14.9. The number of amides is 2. The van der Waals surface area contributed by atoms with Crippen LogP contribution in [0.3, 0.4) is 0 Å². The summed E-state index contributed by atoms with van der Waals surface area (Å²) in [5, 5.41) is 19.4. The van der Waals surface area contributed by atoms with E-state index in [1.165, 1.54) is 0 Å². The predicted octanol–water partition coefficient (Wildman–Crippen LogP) is -0.619. The molecule has 0 bridgehead atoms. The number of nitrogens with zero attached hydrogens (tertiary/aromatic N) is 1. The Labute approximate surface area is 120 Å². The third-order valence-electron chi connectivity index (χ3n) is 3.02. The SMILES string of the molecule is COC(=O)[C@H](O)[C@H](O)C1=CC(=O)N(c2ccccc2)C1=O. The maximum atomic E-state index is 12.2. The van der Waals surface area contributed by atoms with Gasteiger partial charge in [-0.25, -0.2) is 9.69 Å². The van der Waals surface area contributed by atoms with Crippen LogP contribution in [-0.2, 0) is 19.1 Å². The van der Waals surface area contributed by atoms with E-state index >= 15 is 0 Å². The molecule has 2 atom stereocenters. The van der Waals surface area contributed by atoms with Crippen LogP contribution in [0.25, 0.3) is 0 Å². The van der Waals surface area contributed by atoms with Crippen molar-refractivity contribution in [3.63, 3.8) is 0 Å². The smallest absolute Gasteiger partial charge is 0.337 e. The fraction of sp³-hybridized carbons (Fsp3) is 0.214. The molecule has 21 heavy (non-hydrogen) atoms. The molecule has 2 N–H and O–H groups in total. The van der Waals surface area contributed by atoms with Gasteiger partial charge in [-0.1, -0.05) is 18.2 Å². The van der Waals surface area contributed by atoms with E-state index in [2.05, 4.69) is 4.74 Å². The number of rotatable bonds is 4. The largest absolute Gasteiger partial charge is 0.467 e. The van der Waals surface area contributed by atoms with Crippen molar-refractivity contribution in [2.45, 2.75) is 12.2 Å². The van der Waals surface area contributed by atoms with Crippen molar-refractivity contribution in [1.82, 2.24) is 0 Å². The van der Waals surface area contributed by atoms with Gasteiger partial charge in [-0.05, 0) is 12.1 Å². The first-order valence-electron chi connectivity index (χ1n) is 6.06. The number of hydrogen-bond acceptors (Lipinski definition) is 6. The van der Waals surface area contributed by atoms with Crippen molar-refractivity contribution in [2.24, 2.45) is 0 Å². The summed E-state index contributed by atoms with van der Waals surface area (Å²) in [6, 6.07) is 8.12. The summed E-state index contributed by atoms with van der Waals surface area (Å²) in [5.74, 6) is -2.54. The van der Waals surface area contributed by atoms with Crippen LogP contribution in [0.4, 0.5) is 5.69 Å². The fourth-order valence-electron chi connectivity index (χ4n) is 1.94. The molecule has 0 aliphatic carbocycles. The zero-order valence-electron chi connectivity index (χ0n) is 11.1. The minimum absolute atomic E-state index is 0.332. The van der Waals surface area contributed by atoms with Crippen molar-refractivity contribution < 1.29 is 29.3 Å². The highest BCUT2D eigenvalue weighted by Gasteiger charge is 2.40. The van der Waals surface area contributed by atoms with Crippen molar-refractivity contribution in [3.8, 4) is 0 Å². The van der Waals surface area contributed by atoms with Gasteiger partial charge in [-0.2, -0.15) is 0 Å². The van der Waals surface area contributed by atoms with Gasteiger partial charge in [0.25, 0.3) is 11.8 Å². The van der Waals surface area contributed by atoms with Crippen molar-refractivity contribution in [1.29, 1.82) is 0 Å². The van der Waals surface area contributed by atoms with Gasteiger partial charge in [0.05, 0.1) is 18.4 Å². The van der Waals surface area contributed by atoms with E-state index in [1.807, 2.05) is 0 Å². The minimum Gasteiger partial charge on any atom is -0.467 e. The normalized spacial score (nSPS) is 17.5. The second-order valence-electron chi connectivity index (χ2n) is 4.33. The summed E-state index contributed by atoms with van der Waals surface area (Å²) in [7, 11) is 1.03. The highest BCUT2D eigenvalue weighted by Crippen LogP contribution is 2.24. The Morgan fingerprint density at radius 3 is 2.38 bits per heavy atom. The Morgan fingerprint density at radius 2 is 1.81 bits per heavy atom. The molecule has 7 nitrogen and oxygen atoms in total. The molecule has 0 fully saturated rings. The van der Waals surface area contributed by atoms with Gasteiger partial charge in [0.1, 0.15) is 6.10 Å². The van der Waals surface area contributed by atoms with Gasteiger partial charge < -0.3 is 14.9 Å². The number of esters is 1. The number of hydrogen-bond donors (Lipinski definition) is 2. The van der Waals surface area contributed by atoms with Gasteiger partial charge in [0, 0.05) is 6.08 Å². The molecular formula is C14H13NO6. The fourth-order valence-corrected chi connectivity index (χ4v) is 1.94. The summed E-state index contributed by atoms with van der Waals surface area (Å²) >= 11 is 0. The van der Waals surface area contributed by atoms with Crippen LogP contribution < -0.4 is 4.90 Å². The Balaban J connectivity index is 2.25. The Hall–Kier alpha value is -2.51. The lowest BCUT2D eigenvalue weighted by Gasteiger charge is -2.18. The van der Waals surface area contributed by atoms with Crippen LogP contribution in [0.5, 0.6) is 0 Å². The first-order valence-corrected chi connectivity index (χ1v) is 6.06. The van der Waals surface area contributed by atoms with Crippen LogP contribution in [0.15, 0.2) is 42.0 Å². The lowest BCUT2D eigenvalue weighted by molar-refractivity contribution is -0.155. The van der Waals surface area contributed by atoms with Crippen molar-refractivity contribution in [3.05, 3.63) is 42.0 Å². The van der Waals surface area contributed by atoms with Crippen LogP contribution in [-0.4, -0.2) is 47.3 Å². The Morgan fingerprint density at radius 1 is 1.19 bits per heavy atom. The second kappa shape index (κ2) is 5.86. The van der Waals surface area contributed by atoms with Gasteiger partial charge >= 0.3 is 5.97 Å². The van der Waals surface area contributed by atoms with Crippen molar-refractivity contribution in [2.75, 3.05) is 12.0 Å². The van der Waals surface area contributed by atoms with E-state index in [9.17, 15) is 24.6 Å². The first-order chi connectivity index (χ1) is 9.97. The zero-order chi connectivity index (χ0) is 15.6. The monoisotopic (exact) mass is 291 g/mol. The van der Waals surface area contributed by atoms with Gasteiger partial charge in [-0.15, -0.1) is 0 Å². The lowest BCUT2D eigenvalue weighted by Crippen LogP contribution is -2.40. The highest BCUT2D eigenvalue weighted by atomic mass is 16.5. The molecule has 2 rings (SSSR count). The quantitative estimate of drug-likeness (QED) is 0.566. The third kappa shape index (κ3) is 2.69. The molecular weight excluding hydrogens is 278 g/mol. The summed E-state index contributed by atoms with van der Waals surface area (Å²) in [6.07, 6.45) is -2.87. The molecule has 0 spiro atoms. The summed E-state index contributed by atoms with van der Waals surface area (Å²) < 4.78 is 4.28. The minimum atomic E-state index is -1.94. The summed E-state index contributed by atoms with van der Waals surface area (Å²) in [6.45, 7) is 0. The Bertz CT molecular complexity index is 609. The molecule has 1 aliphatic heterocycles. The summed E-state index contributed by atoms with van der Waals surface area (Å²) in [4.78, 5) is 36.1. The number of carbonyl (C=O) groups excluding carboxylic acids is 3. The highest BCUT2D eigenvalue weighted by molar-refractivity contribution is 6.31. The number of aliphatic hydroxyl groups excluding tert-OH is 2. The van der Waals surface area contributed by atoms with Crippen LogP contribution in [0, 0.1) is 0 Å². The van der Waals surface area contributed by atoms with E-state index in [0.717, 1.165) is 18.1 Å². The molecule has 0 saturated heterocycles. The molecule has 1 aromatic carbocycles. The number of ether oxygens (including phenoxy) is 1. The lowest BCUT2D eigenvalue weighted by atomic mass is 10.1. The van der Waals surface area contributed by atoms with Crippen LogP contribution in [0.1, 0.15) is 0 Å². The molecule has 1 heterocycles. The molecule has 0 saturated carbocycles. The van der Waals surface area contributed by atoms with E-state index < -0.39 is 30.0 Å². The predicted molar refractivity (Wildman–Crippen MR) is 71.0 cm³/mol. The Kier molecular flexibility index (Phi) is 4.15. The number of anilines is 1. The van der Waals surface area contributed by atoms with Gasteiger partial charge in [0.2, 0.25) is 0 Å². The molecule has 2 amide bonds. The number of imide groups is 1. The van der Waals surface area contributed by atoms with E-state index in [0.29, 0.717) is 5.69 Å². The number of benzene rings is 1. The van der Waals surface area contributed by atoms with Crippen LogP contribution in [0.2, 0.25) is 0 Å². The number of methoxy groups -OCH3 is 1. The molecule has 110 valence electrons. The molecule has 1 aliphatic rings. The summed E-state index contributed by atoms with van der Waals surface area (Å²) in [5.41, 5.74) is -0.0275. The third-order valence-corrected chi connectivity index (χ3v) is 3.02. The standard InChI is InChI=1S/C14H13NO6/c1-21-14(20)12(18)11(17)9-7-10(16)15(13(9)19)8-5-3-2-4-6-8/h2-7,11-12,17-18H,1H3/t11-,12-/m1/s1. The topological polar surface area (TPSA) is 104 Å². The van der Waals surface area contributed by atoms with Gasteiger partial charge in [0.15, 0.2) is 6.10 Å². The molecule has 7 heteroatoms. The maximum absolute atomic E-state index is 12.2. The van der Waals surface area contributed by atoms with E-state index in [4.69, 9.17) is 0 Å². The molecule has 0 radical (unpaired) electrons. The molecule has 0 aromatic heterocycles. The number of para-hydroxylation sites is 1. The average molecular weight is 291 g/mol. The zero-order valence-corrected chi connectivity index (χ0v) is 11.1. The van der Waals surface area contributed by atoms with Gasteiger partial charge in [-0.3, -0.25) is 9.59 Å². The number of carbonyl (C=O) groups is 3. The number of aliphatic hydroxyl groups is 2. The van der Waals surface area contributed by atoms with Crippen LogP contribution >= 0.6 is 0 Å². The van der Waals surface area contributed by atoms with E-state index in [1.54, 1.807) is 30.3 Å². The maximum Gasteiger partial charge on any atom is 0.337 e.